The van der Waals surface area contributed by atoms with Crippen LogP contribution < -0.4 is 0 Å². The zero-order valence-electron chi connectivity index (χ0n) is 11.3. The third kappa shape index (κ3) is 3.82. The van der Waals surface area contributed by atoms with Crippen molar-refractivity contribution in [2.75, 3.05) is 11.9 Å². The smallest absolute Gasteiger partial charge is 0.260 e. The lowest BCUT2D eigenvalue weighted by Gasteiger charge is -2.22. The van der Waals surface area contributed by atoms with Crippen molar-refractivity contribution in [2.24, 2.45) is 0 Å². The Hall–Kier alpha value is -1.88. The van der Waals surface area contributed by atoms with Gasteiger partial charge < -0.3 is 10.0 Å². The summed E-state index contributed by atoms with van der Waals surface area (Å²) >= 11 is 3.29. The number of hydrogen-bond donors (Lipinski definition) is 1. The summed E-state index contributed by atoms with van der Waals surface area (Å²) in [7, 11) is 0. The summed E-state index contributed by atoms with van der Waals surface area (Å²) in [6.07, 6.45) is 0. The highest BCUT2D eigenvalue weighted by Gasteiger charge is 2.22. The molecule has 3 nitrogen and oxygen atoms in total. The standard InChI is InChI=1S/C16H15BrFNO2/c17-9-10-19(11-12-5-2-1-3-6-12)16(21)15-13(18)7-4-8-14(15)20/h1-8,20H,9-11H2. The predicted octanol–water partition coefficient (Wildman–Crippen LogP) is 3.57. The number of alkyl halides is 1. The number of amides is 1. The van der Waals surface area contributed by atoms with Crippen LogP contribution in [0, 0.1) is 5.82 Å². The van der Waals surface area contributed by atoms with E-state index in [2.05, 4.69) is 15.9 Å². The molecular weight excluding hydrogens is 337 g/mol. The molecule has 2 rings (SSSR count). The van der Waals surface area contributed by atoms with E-state index >= 15 is 0 Å². The maximum Gasteiger partial charge on any atom is 0.260 e. The maximum absolute atomic E-state index is 13.8. The summed E-state index contributed by atoms with van der Waals surface area (Å²) in [4.78, 5) is 14.0. The summed E-state index contributed by atoms with van der Waals surface area (Å²) in [6.45, 7) is 0.778. The molecule has 0 saturated carbocycles. The first-order chi connectivity index (χ1) is 10.1. The molecule has 0 aliphatic rings. The highest BCUT2D eigenvalue weighted by Crippen LogP contribution is 2.22. The van der Waals surface area contributed by atoms with E-state index in [9.17, 15) is 14.3 Å². The van der Waals surface area contributed by atoms with Gasteiger partial charge in [-0.25, -0.2) is 4.39 Å². The summed E-state index contributed by atoms with van der Waals surface area (Å²) in [5, 5.41) is 10.3. The van der Waals surface area contributed by atoms with Crippen LogP contribution in [0.5, 0.6) is 5.75 Å². The van der Waals surface area contributed by atoms with Gasteiger partial charge in [0, 0.05) is 18.4 Å². The van der Waals surface area contributed by atoms with Crippen LogP contribution in [0.15, 0.2) is 48.5 Å². The van der Waals surface area contributed by atoms with Crippen molar-refractivity contribution in [2.45, 2.75) is 6.54 Å². The van der Waals surface area contributed by atoms with Crippen molar-refractivity contribution in [3.8, 4) is 5.75 Å². The van der Waals surface area contributed by atoms with Crippen molar-refractivity contribution in [3.63, 3.8) is 0 Å². The molecule has 0 fully saturated rings. The quantitative estimate of drug-likeness (QED) is 0.836. The Morgan fingerprint density at radius 1 is 1.14 bits per heavy atom. The first kappa shape index (κ1) is 15.5. The molecule has 0 heterocycles. The molecular formula is C16H15BrFNO2. The third-order valence-electron chi connectivity index (χ3n) is 3.06. The SMILES string of the molecule is O=C(c1c(O)cccc1F)N(CCBr)Cc1ccccc1. The lowest BCUT2D eigenvalue weighted by atomic mass is 10.1. The van der Waals surface area contributed by atoms with Crippen molar-refractivity contribution in [1.82, 2.24) is 4.90 Å². The first-order valence-electron chi connectivity index (χ1n) is 6.50. The summed E-state index contributed by atoms with van der Waals surface area (Å²) < 4.78 is 13.8. The summed E-state index contributed by atoms with van der Waals surface area (Å²) in [6, 6.07) is 13.3. The van der Waals surface area contributed by atoms with Crippen LogP contribution in [-0.2, 0) is 6.54 Å². The van der Waals surface area contributed by atoms with E-state index in [4.69, 9.17) is 0 Å². The molecule has 0 bridgehead atoms. The molecule has 1 N–H and O–H groups in total. The fourth-order valence-electron chi connectivity index (χ4n) is 2.04. The van der Waals surface area contributed by atoms with E-state index in [1.54, 1.807) is 0 Å². The van der Waals surface area contributed by atoms with Crippen molar-refractivity contribution in [3.05, 3.63) is 65.5 Å². The van der Waals surface area contributed by atoms with Gasteiger partial charge in [0.15, 0.2) is 0 Å². The Morgan fingerprint density at radius 2 is 1.86 bits per heavy atom. The maximum atomic E-state index is 13.8. The average molecular weight is 352 g/mol. The molecule has 0 saturated heterocycles. The highest BCUT2D eigenvalue weighted by molar-refractivity contribution is 9.09. The molecule has 110 valence electrons. The van der Waals surface area contributed by atoms with Gasteiger partial charge in [0.2, 0.25) is 0 Å². The molecule has 0 aliphatic carbocycles. The molecule has 21 heavy (non-hydrogen) atoms. The van der Waals surface area contributed by atoms with Crippen LogP contribution >= 0.6 is 15.9 Å². The largest absolute Gasteiger partial charge is 0.507 e. The number of phenolic OH excluding ortho intramolecular Hbond substituents is 1. The van der Waals surface area contributed by atoms with Crippen LogP contribution in [0.1, 0.15) is 15.9 Å². The molecule has 0 unspecified atom stereocenters. The Balaban J connectivity index is 2.27. The molecule has 0 atom stereocenters. The second kappa shape index (κ2) is 7.22. The van der Waals surface area contributed by atoms with Gasteiger partial charge in [-0.05, 0) is 17.7 Å². The van der Waals surface area contributed by atoms with E-state index in [0.717, 1.165) is 5.56 Å². The van der Waals surface area contributed by atoms with Gasteiger partial charge >= 0.3 is 0 Å². The van der Waals surface area contributed by atoms with E-state index in [1.807, 2.05) is 30.3 Å². The topological polar surface area (TPSA) is 40.5 Å². The van der Waals surface area contributed by atoms with Crippen LogP contribution in [0.4, 0.5) is 4.39 Å². The Morgan fingerprint density at radius 3 is 2.48 bits per heavy atom. The minimum atomic E-state index is -0.715. The zero-order valence-corrected chi connectivity index (χ0v) is 12.9. The first-order valence-corrected chi connectivity index (χ1v) is 7.62. The van der Waals surface area contributed by atoms with Gasteiger partial charge in [0.25, 0.3) is 5.91 Å². The number of phenols is 1. The lowest BCUT2D eigenvalue weighted by molar-refractivity contribution is 0.0746. The number of nitrogens with zero attached hydrogens (tertiary/aromatic N) is 1. The monoisotopic (exact) mass is 351 g/mol. The second-order valence-corrected chi connectivity index (χ2v) is 5.33. The van der Waals surface area contributed by atoms with Gasteiger partial charge in [-0.15, -0.1) is 0 Å². The number of halogens is 2. The van der Waals surface area contributed by atoms with Crippen molar-refractivity contribution < 1.29 is 14.3 Å². The predicted molar refractivity (Wildman–Crippen MR) is 83.0 cm³/mol. The molecule has 0 spiro atoms. The Kier molecular flexibility index (Phi) is 5.33. The van der Waals surface area contributed by atoms with Gasteiger partial charge in [-0.3, -0.25) is 4.79 Å². The lowest BCUT2D eigenvalue weighted by Crippen LogP contribution is -2.32. The number of carbonyl (C=O) groups is 1. The molecule has 2 aromatic rings. The Bertz CT molecular complexity index is 599. The second-order valence-electron chi connectivity index (χ2n) is 4.54. The fraction of sp³-hybridized carbons (Fsp3) is 0.188. The average Bonchev–Trinajstić information content (AvgIpc) is 2.47. The molecule has 5 heteroatoms. The third-order valence-corrected chi connectivity index (χ3v) is 3.42. The number of benzene rings is 2. The van der Waals surface area contributed by atoms with Gasteiger partial charge in [-0.2, -0.15) is 0 Å². The minimum Gasteiger partial charge on any atom is -0.507 e. The van der Waals surface area contributed by atoms with E-state index in [0.29, 0.717) is 18.4 Å². The molecule has 0 radical (unpaired) electrons. The van der Waals surface area contributed by atoms with Gasteiger partial charge in [0.05, 0.1) is 0 Å². The van der Waals surface area contributed by atoms with Crippen molar-refractivity contribution in [1.29, 1.82) is 0 Å². The fourth-order valence-corrected chi connectivity index (χ4v) is 2.47. The van der Waals surface area contributed by atoms with Gasteiger partial charge in [0.1, 0.15) is 17.1 Å². The zero-order chi connectivity index (χ0) is 15.2. The van der Waals surface area contributed by atoms with Gasteiger partial charge in [-0.1, -0.05) is 52.3 Å². The van der Waals surface area contributed by atoms with Crippen LogP contribution in [-0.4, -0.2) is 27.8 Å². The summed E-state index contributed by atoms with van der Waals surface area (Å²) in [5.74, 6) is -1.57. The number of carbonyl (C=O) groups excluding carboxylic acids is 1. The van der Waals surface area contributed by atoms with Crippen LogP contribution in [0.25, 0.3) is 0 Å². The van der Waals surface area contributed by atoms with Crippen LogP contribution in [0.3, 0.4) is 0 Å². The molecule has 2 aromatic carbocycles. The summed E-state index contributed by atoms with van der Waals surface area (Å²) in [5.41, 5.74) is 0.664. The van der Waals surface area contributed by atoms with Crippen molar-refractivity contribution >= 4 is 21.8 Å². The molecule has 0 aromatic heterocycles. The number of rotatable bonds is 5. The van der Waals surface area contributed by atoms with E-state index < -0.39 is 11.7 Å². The number of aromatic hydroxyl groups is 1. The minimum absolute atomic E-state index is 0.283. The molecule has 1 amide bonds. The number of hydrogen-bond acceptors (Lipinski definition) is 2. The van der Waals surface area contributed by atoms with E-state index in [-0.39, 0.29) is 11.3 Å². The molecule has 0 aliphatic heterocycles. The van der Waals surface area contributed by atoms with E-state index in [1.165, 1.54) is 23.1 Å². The highest BCUT2D eigenvalue weighted by atomic mass is 79.9. The normalized spacial score (nSPS) is 10.4. The Labute approximate surface area is 131 Å². The van der Waals surface area contributed by atoms with Crippen LogP contribution in [0.2, 0.25) is 0 Å².